The van der Waals surface area contributed by atoms with Gasteiger partial charge in [-0.05, 0) is 37.6 Å². The highest BCUT2D eigenvalue weighted by molar-refractivity contribution is 6.30. The van der Waals surface area contributed by atoms with Crippen molar-refractivity contribution >= 4 is 17.5 Å². The minimum Gasteiger partial charge on any atom is -0.481 e. The zero-order valence-corrected chi connectivity index (χ0v) is 10.3. The second kappa shape index (κ2) is 5.38. The van der Waals surface area contributed by atoms with Crippen molar-refractivity contribution in [3.05, 3.63) is 29.3 Å². The summed E-state index contributed by atoms with van der Waals surface area (Å²) in [7, 11) is 0. The van der Waals surface area contributed by atoms with Crippen LogP contribution in [-0.2, 0) is 9.63 Å². The number of amides is 1. The first-order valence-electron chi connectivity index (χ1n) is 5.53. The third-order valence-electron chi connectivity index (χ3n) is 2.47. The highest BCUT2D eigenvalue weighted by atomic mass is 35.5. The van der Waals surface area contributed by atoms with Crippen molar-refractivity contribution in [2.24, 2.45) is 0 Å². The van der Waals surface area contributed by atoms with Crippen LogP contribution in [0.5, 0.6) is 5.75 Å². The van der Waals surface area contributed by atoms with Crippen LogP contribution in [0.1, 0.15) is 13.3 Å². The molecule has 2 rings (SSSR count). The third kappa shape index (κ3) is 3.11. The van der Waals surface area contributed by atoms with Gasteiger partial charge in [-0.1, -0.05) is 11.6 Å². The number of benzene rings is 1. The Labute approximate surface area is 105 Å². The molecule has 1 saturated heterocycles. The van der Waals surface area contributed by atoms with Crippen molar-refractivity contribution < 1.29 is 14.4 Å². The van der Waals surface area contributed by atoms with E-state index in [2.05, 4.69) is 0 Å². The highest BCUT2D eigenvalue weighted by Crippen LogP contribution is 2.18. The molecule has 5 heteroatoms. The van der Waals surface area contributed by atoms with E-state index in [1.165, 1.54) is 5.06 Å². The fraction of sp³-hybridized carbons (Fsp3) is 0.417. The van der Waals surface area contributed by atoms with Crippen LogP contribution in [0, 0.1) is 0 Å². The molecule has 1 heterocycles. The van der Waals surface area contributed by atoms with Crippen LogP contribution in [0.25, 0.3) is 0 Å². The maximum absolute atomic E-state index is 11.9. The Morgan fingerprint density at radius 2 is 2.18 bits per heavy atom. The van der Waals surface area contributed by atoms with Gasteiger partial charge in [0.2, 0.25) is 0 Å². The number of carbonyl (C=O) groups excluding carboxylic acids is 1. The molecule has 1 atom stereocenters. The van der Waals surface area contributed by atoms with Gasteiger partial charge in [-0.25, -0.2) is 5.06 Å². The monoisotopic (exact) mass is 255 g/mol. The molecule has 0 N–H and O–H groups in total. The first-order chi connectivity index (χ1) is 8.16. The van der Waals surface area contributed by atoms with Gasteiger partial charge in [0, 0.05) is 5.02 Å². The van der Waals surface area contributed by atoms with Crippen LogP contribution < -0.4 is 4.74 Å². The minimum atomic E-state index is -0.561. The lowest BCUT2D eigenvalue weighted by molar-refractivity contribution is -0.175. The molecule has 0 spiro atoms. The van der Waals surface area contributed by atoms with Crippen molar-refractivity contribution in [2.75, 3.05) is 13.2 Å². The molecule has 1 aromatic rings. The van der Waals surface area contributed by atoms with Crippen molar-refractivity contribution in [2.45, 2.75) is 19.4 Å². The molecule has 1 fully saturated rings. The topological polar surface area (TPSA) is 38.8 Å². The highest BCUT2D eigenvalue weighted by Gasteiger charge is 2.25. The summed E-state index contributed by atoms with van der Waals surface area (Å²) in [6, 6.07) is 6.91. The van der Waals surface area contributed by atoms with Gasteiger partial charge in [0.1, 0.15) is 5.75 Å². The van der Waals surface area contributed by atoms with Crippen molar-refractivity contribution in [3.63, 3.8) is 0 Å². The van der Waals surface area contributed by atoms with E-state index >= 15 is 0 Å². The van der Waals surface area contributed by atoms with Crippen LogP contribution in [0.3, 0.4) is 0 Å². The van der Waals surface area contributed by atoms with Gasteiger partial charge in [0.15, 0.2) is 6.10 Å². The molecule has 0 saturated carbocycles. The lowest BCUT2D eigenvalue weighted by Gasteiger charge is -2.19. The summed E-state index contributed by atoms with van der Waals surface area (Å²) in [4.78, 5) is 17.0. The Morgan fingerprint density at radius 3 is 2.76 bits per heavy atom. The van der Waals surface area contributed by atoms with E-state index in [0.29, 0.717) is 23.9 Å². The Bertz CT molecular complexity index is 387. The number of hydrogen-bond donors (Lipinski definition) is 0. The maximum Gasteiger partial charge on any atom is 0.286 e. The van der Waals surface area contributed by atoms with Crippen LogP contribution in [-0.4, -0.2) is 30.2 Å². The second-order valence-corrected chi connectivity index (χ2v) is 4.28. The molecule has 1 aliphatic rings. The summed E-state index contributed by atoms with van der Waals surface area (Å²) in [5, 5.41) is 2.00. The molecule has 4 nitrogen and oxygen atoms in total. The van der Waals surface area contributed by atoms with Gasteiger partial charge in [-0.3, -0.25) is 9.63 Å². The Hall–Kier alpha value is -1.26. The average Bonchev–Trinajstić information content (AvgIpc) is 2.84. The summed E-state index contributed by atoms with van der Waals surface area (Å²) in [6.07, 6.45) is 0.314. The summed E-state index contributed by atoms with van der Waals surface area (Å²) < 4.78 is 5.51. The van der Waals surface area contributed by atoms with E-state index in [-0.39, 0.29) is 5.91 Å². The first-order valence-corrected chi connectivity index (χ1v) is 5.91. The van der Waals surface area contributed by atoms with Gasteiger partial charge in [0.05, 0.1) is 13.2 Å². The van der Waals surface area contributed by atoms with Crippen LogP contribution in [0.4, 0.5) is 0 Å². The van der Waals surface area contributed by atoms with Gasteiger partial charge < -0.3 is 4.74 Å². The molecule has 1 amide bonds. The Balaban J connectivity index is 1.93. The van der Waals surface area contributed by atoms with Gasteiger partial charge in [-0.2, -0.15) is 0 Å². The number of halogens is 1. The zero-order valence-electron chi connectivity index (χ0n) is 9.56. The smallest absolute Gasteiger partial charge is 0.286 e. The molecule has 0 bridgehead atoms. The van der Waals surface area contributed by atoms with Crippen molar-refractivity contribution in [1.82, 2.24) is 5.06 Å². The first kappa shape index (κ1) is 12.2. The van der Waals surface area contributed by atoms with E-state index < -0.39 is 6.10 Å². The standard InChI is InChI=1S/C12H14ClNO3/c1-9(12(15)14-7-2-8-16-14)17-11-5-3-10(13)4-6-11/h3-6,9H,2,7-8H2,1H3. The van der Waals surface area contributed by atoms with E-state index in [4.69, 9.17) is 21.2 Å². The number of ether oxygens (including phenoxy) is 1. The number of rotatable bonds is 3. The van der Waals surface area contributed by atoms with E-state index in [1.807, 2.05) is 0 Å². The lowest BCUT2D eigenvalue weighted by Crippen LogP contribution is -2.37. The zero-order chi connectivity index (χ0) is 12.3. The molecule has 0 aromatic heterocycles. The third-order valence-corrected chi connectivity index (χ3v) is 2.72. The summed E-state index contributed by atoms with van der Waals surface area (Å²) in [5.74, 6) is 0.465. The summed E-state index contributed by atoms with van der Waals surface area (Å²) >= 11 is 5.76. The molecule has 1 unspecified atom stereocenters. The minimum absolute atomic E-state index is 0.155. The normalized spacial score (nSPS) is 16.9. The molecule has 17 heavy (non-hydrogen) atoms. The number of nitrogens with zero attached hydrogens (tertiary/aromatic N) is 1. The average molecular weight is 256 g/mol. The van der Waals surface area contributed by atoms with E-state index in [0.717, 1.165) is 6.42 Å². The van der Waals surface area contributed by atoms with Gasteiger partial charge >= 0.3 is 0 Å². The van der Waals surface area contributed by atoms with Gasteiger partial charge in [0.25, 0.3) is 5.91 Å². The Kier molecular flexibility index (Phi) is 3.86. The van der Waals surface area contributed by atoms with Crippen LogP contribution in [0.15, 0.2) is 24.3 Å². The van der Waals surface area contributed by atoms with E-state index in [9.17, 15) is 4.79 Å². The summed E-state index contributed by atoms with van der Waals surface area (Å²) in [6.45, 7) is 2.94. The fourth-order valence-electron chi connectivity index (χ4n) is 1.59. The van der Waals surface area contributed by atoms with Crippen LogP contribution in [0.2, 0.25) is 5.02 Å². The number of hydroxylamine groups is 2. The molecule has 0 radical (unpaired) electrons. The Morgan fingerprint density at radius 1 is 1.47 bits per heavy atom. The SMILES string of the molecule is CC(Oc1ccc(Cl)cc1)C(=O)N1CCCO1. The van der Waals surface area contributed by atoms with Gasteiger partial charge in [-0.15, -0.1) is 0 Å². The van der Waals surface area contributed by atoms with Crippen LogP contribution >= 0.6 is 11.6 Å². The molecule has 1 aromatic carbocycles. The predicted octanol–water partition coefficient (Wildman–Crippen LogP) is 2.27. The van der Waals surface area contributed by atoms with Crippen molar-refractivity contribution in [3.8, 4) is 5.75 Å². The number of carbonyl (C=O) groups is 1. The molecular weight excluding hydrogens is 242 g/mol. The quantitative estimate of drug-likeness (QED) is 0.832. The largest absolute Gasteiger partial charge is 0.481 e. The molecule has 92 valence electrons. The lowest BCUT2D eigenvalue weighted by atomic mass is 10.3. The predicted molar refractivity (Wildman–Crippen MR) is 63.8 cm³/mol. The van der Waals surface area contributed by atoms with E-state index in [1.54, 1.807) is 31.2 Å². The summed E-state index contributed by atoms with van der Waals surface area (Å²) in [5.41, 5.74) is 0. The molecule has 1 aliphatic heterocycles. The maximum atomic E-state index is 11.9. The molecular formula is C12H14ClNO3. The number of hydrogen-bond acceptors (Lipinski definition) is 3. The van der Waals surface area contributed by atoms with Crippen molar-refractivity contribution in [1.29, 1.82) is 0 Å². The second-order valence-electron chi connectivity index (χ2n) is 3.84. The molecule has 0 aliphatic carbocycles. The fourth-order valence-corrected chi connectivity index (χ4v) is 1.72.